The van der Waals surface area contributed by atoms with Gasteiger partial charge in [0.2, 0.25) is 5.91 Å². The van der Waals surface area contributed by atoms with Crippen molar-refractivity contribution in [2.75, 3.05) is 47.1 Å². The van der Waals surface area contributed by atoms with Crippen LogP contribution in [0.25, 0.3) is 0 Å². The Kier molecular flexibility index (Phi) is 7.59. The summed E-state index contributed by atoms with van der Waals surface area (Å²) in [7, 11) is 3.38. The summed E-state index contributed by atoms with van der Waals surface area (Å²) in [6, 6.07) is 0.210. The van der Waals surface area contributed by atoms with Crippen LogP contribution in [0, 0.1) is 5.92 Å². The van der Waals surface area contributed by atoms with Crippen LogP contribution in [0.2, 0.25) is 0 Å². The summed E-state index contributed by atoms with van der Waals surface area (Å²) in [6.07, 6.45) is 2.12. The second-order valence-corrected chi connectivity index (χ2v) is 5.91. The number of methoxy groups -OCH3 is 2. The number of carbonyl (C=O) groups is 1. The van der Waals surface area contributed by atoms with Crippen molar-refractivity contribution in [1.82, 2.24) is 10.2 Å². The molecule has 0 heterocycles. The number of nitrogens with one attached hydrogen (secondary N) is 1. The first-order valence-corrected chi connectivity index (χ1v) is 7.78. The van der Waals surface area contributed by atoms with E-state index in [-0.39, 0.29) is 11.9 Å². The lowest BCUT2D eigenvalue weighted by Crippen LogP contribution is -2.64. The van der Waals surface area contributed by atoms with Gasteiger partial charge in [-0.05, 0) is 32.2 Å². The fourth-order valence-corrected chi connectivity index (χ4v) is 2.92. The Morgan fingerprint density at radius 2 is 2.10 bits per heavy atom. The lowest BCUT2D eigenvalue weighted by molar-refractivity contribution is -0.126. The van der Waals surface area contributed by atoms with Gasteiger partial charge in [-0.1, -0.05) is 6.92 Å². The van der Waals surface area contributed by atoms with Crippen LogP contribution in [0.1, 0.15) is 26.7 Å². The molecular weight excluding hydrogens is 270 g/mol. The van der Waals surface area contributed by atoms with Gasteiger partial charge in [-0.15, -0.1) is 0 Å². The summed E-state index contributed by atoms with van der Waals surface area (Å²) >= 11 is 0. The summed E-state index contributed by atoms with van der Waals surface area (Å²) in [4.78, 5) is 14.4. The molecule has 0 aliphatic heterocycles. The van der Waals surface area contributed by atoms with Crippen molar-refractivity contribution in [3.05, 3.63) is 0 Å². The predicted octanol–water partition coefficient (Wildman–Crippen LogP) is 0.213. The van der Waals surface area contributed by atoms with Crippen molar-refractivity contribution < 1.29 is 14.3 Å². The third-order valence-electron chi connectivity index (χ3n) is 4.27. The van der Waals surface area contributed by atoms with Crippen LogP contribution in [-0.4, -0.2) is 69.5 Å². The molecule has 0 bridgehead atoms. The zero-order valence-electron chi connectivity index (χ0n) is 13.9. The van der Waals surface area contributed by atoms with Gasteiger partial charge >= 0.3 is 0 Å². The number of carbonyl (C=O) groups excluding carboxylic acids is 1. The second-order valence-electron chi connectivity index (χ2n) is 5.91. The molecule has 0 saturated heterocycles. The molecule has 0 radical (unpaired) electrons. The van der Waals surface area contributed by atoms with Crippen molar-refractivity contribution in [2.24, 2.45) is 11.7 Å². The molecule has 1 aliphatic carbocycles. The highest BCUT2D eigenvalue weighted by Crippen LogP contribution is 2.40. The molecule has 21 heavy (non-hydrogen) atoms. The van der Waals surface area contributed by atoms with Crippen LogP contribution in [0.3, 0.4) is 0 Å². The molecule has 3 N–H and O–H groups in total. The van der Waals surface area contributed by atoms with Crippen molar-refractivity contribution in [2.45, 2.75) is 38.3 Å². The molecule has 1 amide bonds. The zero-order chi connectivity index (χ0) is 15.9. The number of amides is 1. The Morgan fingerprint density at radius 3 is 2.52 bits per heavy atom. The zero-order valence-corrected chi connectivity index (χ0v) is 13.9. The summed E-state index contributed by atoms with van der Waals surface area (Å²) < 4.78 is 10.4. The first kappa shape index (κ1) is 18.4. The molecule has 2 unspecified atom stereocenters. The van der Waals surface area contributed by atoms with Crippen LogP contribution in [-0.2, 0) is 14.3 Å². The molecule has 0 spiro atoms. The topological polar surface area (TPSA) is 76.8 Å². The maximum absolute atomic E-state index is 12.2. The van der Waals surface area contributed by atoms with Crippen LogP contribution in [0.15, 0.2) is 0 Å². The van der Waals surface area contributed by atoms with E-state index < -0.39 is 5.54 Å². The molecule has 1 rings (SSSR count). The van der Waals surface area contributed by atoms with E-state index in [1.54, 1.807) is 14.2 Å². The van der Waals surface area contributed by atoms with Crippen molar-refractivity contribution in [3.8, 4) is 0 Å². The third-order valence-corrected chi connectivity index (χ3v) is 4.27. The van der Waals surface area contributed by atoms with E-state index >= 15 is 0 Å². The van der Waals surface area contributed by atoms with Gasteiger partial charge in [0.1, 0.15) is 5.54 Å². The normalized spacial score (nSPS) is 19.5. The smallest absolute Gasteiger partial charge is 0.239 e. The summed E-state index contributed by atoms with van der Waals surface area (Å²) in [5.74, 6) is 0.0913. The molecule has 1 aliphatic rings. The van der Waals surface area contributed by atoms with E-state index in [1.807, 2.05) is 6.92 Å². The second kappa shape index (κ2) is 8.68. The number of likely N-dealkylation sites (N-methyl/N-ethyl adjacent to an activating group) is 1. The van der Waals surface area contributed by atoms with Crippen LogP contribution in [0.4, 0.5) is 0 Å². The minimum absolute atomic E-state index is 0.210. The molecule has 0 aromatic rings. The largest absolute Gasteiger partial charge is 0.383 e. The number of nitrogens with two attached hydrogens (primary N) is 1. The Hall–Kier alpha value is -0.690. The highest BCUT2D eigenvalue weighted by Gasteiger charge is 2.50. The lowest BCUT2D eigenvalue weighted by atomic mass is 9.90. The molecule has 6 heteroatoms. The van der Waals surface area contributed by atoms with Gasteiger partial charge < -0.3 is 20.5 Å². The highest BCUT2D eigenvalue weighted by molar-refractivity contribution is 5.86. The van der Waals surface area contributed by atoms with E-state index in [4.69, 9.17) is 15.2 Å². The number of ether oxygens (including phenoxy) is 2. The van der Waals surface area contributed by atoms with E-state index in [0.717, 1.165) is 25.9 Å². The van der Waals surface area contributed by atoms with Crippen molar-refractivity contribution in [3.63, 3.8) is 0 Å². The van der Waals surface area contributed by atoms with Crippen LogP contribution in [0.5, 0.6) is 0 Å². The molecule has 6 nitrogen and oxygen atoms in total. The van der Waals surface area contributed by atoms with Gasteiger partial charge in [0, 0.05) is 33.4 Å². The molecular formula is C15H31N3O3. The maximum Gasteiger partial charge on any atom is 0.239 e. The lowest BCUT2D eigenvalue weighted by Gasteiger charge is -2.39. The Bertz CT molecular complexity index is 323. The number of hydrogen-bond acceptors (Lipinski definition) is 5. The Labute approximate surface area is 128 Å². The Morgan fingerprint density at radius 1 is 1.43 bits per heavy atom. The van der Waals surface area contributed by atoms with E-state index in [9.17, 15) is 4.79 Å². The molecule has 1 saturated carbocycles. The van der Waals surface area contributed by atoms with Gasteiger partial charge in [-0.3, -0.25) is 9.69 Å². The van der Waals surface area contributed by atoms with Crippen molar-refractivity contribution in [1.29, 1.82) is 0 Å². The van der Waals surface area contributed by atoms with Gasteiger partial charge in [0.15, 0.2) is 0 Å². The number of rotatable bonds is 12. The van der Waals surface area contributed by atoms with E-state index in [1.165, 1.54) is 0 Å². The van der Waals surface area contributed by atoms with Gasteiger partial charge in [0.05, 0.1) is 13.2 Å². The average molecular weight is 301 g/mol. The number of nitrogens with zero attached hydrogens (tertiary/aromatic N) is 1. The minimum atomic E-state index is -0.634. The summed E-state index contributed by atoms with van der Waals surface area (Å²) in [6.45, 7) is 7.45. The van der Waals surface area contributed by atoms with Crippen LogP contribution >= 0.6 is 0 Å². The van der Waals surface area contributed by atoms with Crippen molar-refractivity contribution >= 4 is 5.91 Å². The van der Waals surface area contributed by atoms with Gasteiger partial charge in [-0.25, -0.2) is 0 Å². The standard InChI is InChI=1S/C15H31N3O3/c1-5-17-15(14(16)19,13-6-7-13)11-18(8-9-20-3)12(2)10-21-4/h12-13,17H,5-11H2,1-4H3,(H2,16,19). The maximum atomic E-state index is 12.2. The van der Waals surface area contributed by atoms with E-state index in [2.05, 4.69) is 17.1 Å². The monoisotopic (exact) mass is 301 g/mol. The summed E-state index contributed by atoms with van der Waals surface area (Å²) in [5, 5.41) is 3.36. The molecule has 0 aromatic heterocycles. The minimum Gasteiger partial charge on any atom is -0.383 e. The fraction of sp³-hybridized carbons (Fsp3) is 0.933. The third kappa shape index (κ3) is 4.92. The first-order valence-electron chi connectivity index (χ1n) is 7.78. The molecule has 0 aromatic carbocycles. The van der Waals surface area contributed by atoms with Gasteiger partial charge in [-0.2, -0.15) is 0 Å². The fourth-order valence-electron chi connectivity index (χ4n) is 2.92. The highest BCUT2D eigenvalue weighted by atomic mass is 16.5. The first-order chi connectivity index (χ1) is 10.0. The number of hydrogen-bond donors (Lipinski definition) is 2. The Balaban J connectivity index is 2.85. The van der Waals surface area contributed by atoms with Gasteiger partial charge in [0.25, 0.3) is 0 Å². The quantitative estimate of drug-likeness (QED) is 0.539. The summed E-state index contributed by atoms with van der Waals surface area (Å²) in [5.41, 5.74) is 5.12. The molecule has 2 atom stereocenters. The van der Waals surface area contributed by atoms with Crippen LogP contribution < -0.4 is 11.1 Å². The predicted molar refractivity (Wildman–Crippen MR) is 83.1 cm³/mol. The van der Waals surface area contributed by atoms with E-state index in [0.29, 0.717) is 25.7 Å². The number of primary amides is 1. The SMILES string of the molecule is CCNC(CN(CCOC)C(C)COC)(C(N)=O)C1CC1. The molecule has 1 fully saturated rings. The average Bonchev–Trinajstić information content (AvgIpc) is 3.27. The molecule has 124 valence electrons.